The Morgan fingerprint density at radius 1 is 0.886 bits per heavy atom. The van der Waals surface area contributed by atoms with Crippen LogP contribution >= 0.6 is 0 Å². The van der Waals surface area contributed by atoms with Crippen molar-refractivity contribution in [2.45, 2.75) is 11.6 Å². The average Bonchev–Trinajstić information content (AvgIpc) is 3.63. The Hall–Kier alpha value is -4.23. The molecule has 3 aromatic carbocycles. The molecule has 1 saturated heterocycles. The van der Waals surface area contributed by atoms with Gasteiger partial charge in [-0.25, -0.2) is 9.78 Å². The summed E-state index contributed by atoms with van der Waals surface area (Å²) in [6.07, 6.45) is 1.47. The summed E-state index contributed by atoms with van der Waals surface area (Å²) in [6, 6.07) is 30.4. The molecule has 2 heterocycles. The van der Waals surface area contributed by atoms with Crippen LogP contribution in [0.2, 0.25) is 0 Å². The van der Waals surface area contributed by atoms with E-state index in [2.05, 4.69) is 51.6 Å². The SMILES string of the molecule is COC(=O)c1ncc(NC(=O)[C@H]2C[N@@]2C(c2ccccc2)(c2ccccc2)c2ccccc2)n1C. The van der Waals surface area contributed by atoms with Crippen LogP contribution in [0.3, 0.4) is 0 Å². The third kappa shape index (κ3) is 3.90. The van der Waals surface area contributed by atoms with Crippen molar-refractivity contribution in [2.75, 3.05) is 19.0 Å². The topological polar surface area (TPSA) is 76.2 Å². The highest BCUT2D eigenvalue weighted by Crippen LogP contribution is 2.48. The summed E-state index contributed by atoms with van der Waals surface area (Å²) in [5.41, 5.74) is 2.61. The molecule has 1 N–H and O–H groups in total. The first-order chi connectivity index (χ1) is 17.1. The zero-order valence-electron chi connectivity index (χ0n) is 19.6. The third-order valence-corrected chi connectivity index (χ3v) is 6.53. The zero-order chi connectivity index (χ0) is 24.4. The summed E-state index contributed by atoms with van der Waals surface area (Å²) in [4.78, 5) is 31.6. The molecule has 176 valence electrons. The molecule has 5 rings (SSSR count). The van der Waals surface area contributed by atoms with Gasteiger partial charge in [-0.05, 0) is 16.7 Å². The van der Waals surface area contributed by atoms with E-state index in [0.717, 1.165) is 16.7 Å². The van der Waals surface area contributed by atoms with Crippen LogP contribution in [0.4, 0.5) is 5.82 Å². The molecule has 1 aliphatic rings. The first-order valence-corrected chi connectivity index (χ1v) is 11.4. The summed E-state index contributed by atoms with van der Waals surface area (Å²) in [7, 11) is 2.97. The number of methoxy groups -OCH3 is 1. The fourth-order valence-electron chi connectivity index (χ4n) is 4.79. The number of hydrogen-bond acceptors (Lipinski definition) is 5. The van der Waals surface area contributed by atoms with Gasteiger partial charge in [0.05, 0.1) is 18.8 Å². The number of rotatable bonds is 7. The Kier molecular flexibility index (Phi) is 5.93. The van der Waals surface area contributed by atoms with Crippen LogP contribution in [-0.4, -0.2) is 46.0 Å². The number of anilines is 1. The number of nitrogens with zero attached hydrogens (tertiary/aromatic N) is 3. The van der Waals surface area contributed by atoms with Crippen molar-refractivity contribution in [1.29, 1.82) is 0 Å². The van der Waals surface area contributed by atoms with Crippen LogP contribution in [0.5, 0.6) is 0 Å². The molecule has 7 nitrogen and oxygen atoms in total. The highest BCUT2D eigenvalue weighted by Gasteiger charge is 2.56. The van der Waals surface area contributed by atoms with Gasteiger partial charge in [0.15, 0.2) is 0 Å². The molecular formula is C28H26N4O3. The summed E-state index contributed by atoms with van der Waals surface area (Å²) < 4.78 is 6.28. The van der Waals surface area contributed by atoms with Gasteiger partial charge in [-0.1, -0.05) is 91.0 Å². The molecule has 0 bridgehead atoms. The van der Waals surface area contributed by atoms with E-state index in [-0.39, 0.29) is 17.8 Å². The molecule has 7 heteroatoms. The molecule has 35 heavy (non-hydrogen) atoms. The van der Waals surface area contributed by atoms with Gasteiger partial charge in [-0.15, -0.1) is 0 Å². The number of benzene rings is 3. The highest BCUT2D eigenvalue weighted by molar-refractivity contribution is 5.97. The zero-order valence-corrected chi connectivity index (χ0v) is 19.6. The van der Waals surface area contributed by atoms with Gasteiger partial charge in [-0.2, -0.15) is 0 Å². The monoisotopic (exact) mass is 466 g/mol. The molecule has 1 amide bonds. The lowest BCUT2D eigenvalue weighted by molar-refractivity contribution is -0.116. The number of amides is 1. The van der Waals surface area contributed by atoms with Gasteiger partial charge >= 0.3 is 5.97 Å². The Bertz CT molecular complexity index is 1240. The van der Waals surface area contributed by atoms with Crippen LogP contribution in [0, 0.1) is 0 Å². The predicted octanol–water partition coefficient (Wildman–Crippen LogP) is 3.82. The van der Waals surface area contributed by atoms with E-state index in [1.807, 2.05) is 54.6 Å². The molecule has 1 aliphatic heterocycles. The molecule has 0 spiro atoms. The van der Waals surface area contributed by atoms with Crippen LogP contribution in [0.15, 0.2) is 97.2 Å². The number of ether oxygens (including phenoxy) is 1. The van der Waals surface area contributed by atoms with Crippen molar-refractivity contribution in [3.63, 3.8) is 0 Å². The number of esters is 1. The van der Waals surface area contributed by atoms with Gasteiger partial charge in [-0.3, -0.25) is 9.69 Å². The second-order valence-electron chi connectivity index (χ2n) is 8.48. The van der Waals surface area contributed by atoms with Crippen molar-refractivity contribution in [3.05, 3.63) is 120 Å². The Morgan fingerprint density at radius 2 is 1.37 bits per heavy atom. The molecule has 1 aromatic heterocycles. The van der Waals surface area contributed by atoms with E-state index >= 15 is 0 Å². The first kappa shape index (κ1) is 22.6. The standard InChI is InChI=1S/C28H26N4O3/c1-31-24(18-29-25(31)27(34)35-2)30-26(33)23-19-32(23)28(20-12-6-3-7-13-20,21-14-8-4-9-15-21)22-16-10-5-11-17-22/h3-18,23H,19H2,1-2H3,(H,30,33)/t23-,32-/m1/s1. The minimum absolute atomic E-state index is 0.127. The first-order valence-electron chi connectivity index (χ1n) is 11.4. The van der Waals surface area contributed by atoms with E-state index < -0.39 is 11.5 Å². The molecule has 4 aromatic rings. The maximum atomic E-state index is 13.4. The van der Waals surface area contributed by atoms with E-state index in [4.69, 9.17) is 4.74 Å². The van der Waals surface area contributed by atoms with Gasteiger partial charge in [0, 0.05) is 13.6 Å². The average molecular weight is 467 g/mol. The van der Waals surface area contributed by atoms with Gasteiger partial charge in [0.2, 0.25) is 11.7 Å². The smallest absolute Gasteiger partial charge is 0.374 e. The Balaban J connectivity index is 1.54. The molecule has 2 atom stereocenters. The summed E-state index contributed by atoms with van der Waals surface area (Å²) in [6.45, 7) is 0.576. The van der Waals surface area contributed by atoms with Crippen LogP contribution < -0.4 is 5.32 Å². The van der Waals surface area contributed by atoms with E-state index in [0.29, 0.717) is 12.4 Å². The lowest BCUT2D eigenvalue weighted by atomic mass is 9.76. The van der Waals surface area contributed by atoms with Crippen LogP contribution in [0.25, 0.3) is 0 Å². The van der Waals surface area contributed by atoms with E-state index in [1.165, 1.54) is 17.9 Å². The molecular weight excluding hydrogens is 440 g/mol. The van der Waals surface area contributed by atoms with Crippen LogP contribution in [-0.2, 0) is 22.1 Å². The van der Waals surface area contributed by atoms with E-state index in [9.17, 15) is 9.59 Å². The minimum atomic E-state index is -0.643. The van der Waals surface area contributed by atoms with Crippen molar-refractivity contribution in [3.8, 4) is 0 Å². The van der Waals surface area contributed by atoms with Crippen molar-refractivity contribution < 1.29 is 14.3 Å². The quantitative estimate of drug-likeness (QED) is 0.255. The van der Waals surface area contributed by atoms with Crippen molar-refractivity contribution in [2.24, 2.45) is 7.05 Å². The van der Waals surface area contributed by atoms with Crippen molar-refractivity contribution >= 4 is 17.7 Å². The number of aromatic nitrogens is 2. The van der Waals surface area contributed by atoms with Gasteiger partial charge in [0.1, 0.15) is 11.9 Å². The molecule has 0 saturated carbocycles. The maximum absolute atomic E-state index is 13.4. The fourth-order valence-corrected chi connectivity index (χ4v) is 4.79. The number of hydrogen-bond donors (Lipinski definition) is 1. The van der Waals surface area contributed by atoms with Crippen molar-refractivity contribution in [1.82, 2.24) is 14.5 Å². The predicted molar refractivity (Wildman–Crippen MR) is 133 cm³/mol. The lowest BCUT2D eigenvalue weighted by Crippen LogP contribution is -2.40. The van der Waals surface area contributed by atoms with E-state index in [1.54, 1.807) is 7.05 Å². The lowest BCUT2D eigenvalue weighted by Gasteiger charge is -2.38. The normalized spacial score (nSPS) is 17.0. The summed E-state index contributed by atoms with van der Waals surface area (Å²) in [5.74, 6) is -0.150. The second kappa shape index (κ2) is 9.19. The maximum Gasteiger partial charge on any atom is 0.374 e. The van der Waals surface area contributed by atoms with Gasteiger partial charge in [0.25, 0.3) is 0 Å². The summed E-state index contributed by atoms with van der Waals surface area (Å²) >= 11 is 0. The third-order valence-electron chi connectivity index (χ3n) is 6.53. The minimum Gasteiger partial charge on any atom is -0.463 e. The molecule has 1 fully saturated rings. The van der Waals surface area contributed by atoms with Gasteiger partial charge < -0.3 is 14.6 Å². The fraction of sp³-hybridized carbons (Fsp3) is 0.179. The molecule has 0 radical (unpaired) electrons. The van der Waals surface area contributed by atoms with Crippen LogP contribution in [0.1, 0.15) is 27.3 Å². The Labute approximate surface area is 204 Å². The Morgan fingerprint density at radius 3 is 1.83 bits per heavy atom. The largest absolute Gasteiger partial charge is 0.463 e. The number of carbonyl (C=O) groups excluding carboxylic acids is 2. The number of carbonyl (C=O) groups is 2. The molecule has 0 unspecified atom stereocenters. The molecule has 0 aliphatic carbocycles. The second-order valence-corrected chi connectivity index (χ2v) is 8.48. The highest BCUT2D eigenvalue weighted by atomic mass is 16.5. The summed E-state index contributed by atoms with van der Waals surface area (Å²) in [5, 5.41) is 2.94. The number of imidazole rings is 1. The number of nitrogens with one attached hydrogen (secondary N) is 1.